The van der Waals surface area contributed by atoms with Gasteiger partial charge in [-0.15, -0.1) is 0 Å². The number of aliphatic carboxylic acids is 1. The summed E-state index contributed by atoms with van der Waals surface area (Å²) in [4.78, 5) is 15.9. The van der Waals surface area contributed by atoms with Crippen LogP contribution < -0.4 is 0 Å². The van der Waals surface area contributed by atoms with Crippen LogP contribution in [0.2, 0.25) is 0 Å². The van der Waals surface area contributed by atoms with Gasteiger partial charge in [-0.3, -0.25) is 0 Å². The molecule has 3 aromatic rings. The average molecular weight is 311 g/mol. The molecule has 0 atom stereocenters. The number of hydrogen-bond acceptors (Lipinski definition) is 4. The average Bonchev–Trinajstić information content (AvgIpc) is 2.91. The molecule has 0 saturated carbocycles. The first-order chi connectivity index (χ1) is 10.6. The first-order valence-electron chi connectivity index (χ1n) is 6.67. The third-order valence-corrected chi connectivity index (χ3v) is 3.92. The Morgan fingerprint density at radius 2 is 1.91 bits per heavy atom. The number of aryl methyl sites for hydroxylation is 1. The number of thioether (sulfide) groups is 1. The molecular formula is C17H13NO3S. The van der Waals surface area contributed by atoms with E-state index in [1.807, 2.05) is 49.4 Å². The summed E-state index contributed by atoms with van der Waals surface area (Å²) in [6, 6.07) is 15.0. The first kappa shape index (κ1) is 14.4. The number of nitrogens with zero attached hydrogens (tertiary/aromatic N) is 1. The fraction of sp³-hybridized carbons (Fsp3) is 0.0588. The van der Waals surface area contributed by atoms with Crippen molar-refractivity contribution >= 4 is 34.9 Å². The molecule has 0 unspecified atom stereocenters. The molecule has 1 N–H and O–H groups in total. The van der Waals surface area contributed by atoms with Gasteiger partial charge in [0.25, 0.3) is 5.22 Å². The molecule has 0 spiro atoms. The molecule has 3 rings (SSSR count). The second kappa shape index (κ2) is 6.07. The normalized spacial score (nSPS) is 11.8. The van der Waals surface area contributed by atoms with Crippen LogP contribution in [0.15, 0.2) is 63.1 Å². The minimum Gasteiger partial charge on any atom is -0.477 e. The highest BCUT2D eigenvalue weighted by Crippen LogP contribution is 2.30. The Kier molecular flexibility index (Phi) is 3.98. The van der Waals surface area contributed by atoms with Crippen molar-refractivity contribution in [2.75, 3.05) is 0 Å². The summed E-state index contributed by atoms with van der Waals surface area (Å²) >= 11 is 1.01. The molecule has 0 amide bonds. The van der Waals surface area contributed by atoms with Crippen molar-refractivity contribution in [2.24, 2.45) is 0 Å². The number of oxazole rings is 1. The zero-order chi connectivity index (χ0) is 15.5. The molecule has 0 radical (unpaired) electrons. The van der Waals surface area contributed by atoms with Gasteiger partial charge in [-0.25, -0.2) is 9.78 Å². The molecule has 0 saturated heterocycles. The lowest BCUT2D eigenvalue weighted by Gasteiger charge is -2.00. The Balaban J connectivity index is 1.91. The molecule has 0 aliphatic carbocycles. The number of carbonyl (C=O) groups is 1. The monoisotopic (exact) mass is 311 g/mol. The zero-order valence-electron chi connectivity index (χ0n) is 11.8. The van der Waals surface area contributed by atoms with Crippen molar-refractivity contribution in [3.05, 3.63) is 64.6 Å². The fourth-order valence-electron chi connectivity index (χ4n) is 1.94. The van der Waals surface area contributed by atoms with Gasteiger partial charge < -0.3 is 9.52 Å². The van der Waals surface area contributed by atoms with E-state index in [4.69, 9.17) is 4.42 Å². The molecule has 5 heteroatoms. The van der Waals surface area contributed by atoms with Crippen molar-refractivity contribution in [1.82, 2.24) is 4.98 Å². The largest absolute Gasteiger partial charge is 0.477 e. The van der Waals surface area contributed by atoms with Gasteiger partial charge in [0.15, 0.2) is 5.58 Å². The van der Waals surface area contributed by atoms with E-state index in [0.717, 1.165) is 22.9 Å². The van der Waals surface area contributed by atoms with Crippen molar-refractivity contribution < 1.29 is 14.3 Å². The summed E-state index contributed by atoms with van der Waals surface area (Å²) in [5.74, 6) is -1.01. The SMILES string of the molecule is Cc1ccc(/C=C(/Sc2nc3ccccc3o2)C(=O)O)cc1. The van der Waals surface area contributed by atoms with Gasteiger partial charge in [0, 0.05) is 0 Å². The van der Waals surface area contributed by atoms with Crippen LogP contribution in [0.1, 0.15) is 11.1 Å². The Bertz CT molecular complexity index is 817. The van der Waals surface area contributed by atoms with Crippen LogP contribution in [0.25, 0.3) is 17.2 Å². The molecule has 2 aromatic carbocycles. The lowest BCUT2D eigenvalue weighted by atomic mass is 10.1. The number of para-hydroxylation sites is 2. The van der Waals surface area contributed by atoms with Gasteiger partial charge in [0.1, 0.15) is 10.4 Å². The molecule has 4 nitrogen and oxygen atoms in total. The van der Waals surface area contributed by atoms with Crippen LogP contribution in [0.3, 0.4) is 0 Å². The molecule has 0 bridgehead atoms. The second-order valence-electron chi connectivity index (χ2n) is 4.77. The molecule has 1 aromatic heterocycles. The van der Waals surface area contributed by atoms with Crippen LogP contribution in [-0.2, 0) is 4.79 Å². The van der Waals surface area contributed by atoms with Crippen LogP contribution >= 0.6 is 11.8 Å². The summed E-state index contributed by atoms with van der Waals surface area (Å²) in [5.41, 5.74) is 3.31. The van der Waals surface area contributed by atoms with Gasteiger partial charge in [-0.2, -0.15) is 0 Å². The van der Waals surface area contributed by atoms with Gasteiger partial charge in [0.2, 0.25) is 0 Å². The fourth-order valence-corrected chi connectivity index (χ4v) is 2.68. The van der Waals surface area contributed by atoms with E-state index in [0.29, 0.717) is 16.3 Å². The highest BCUT2D eigenvalue weighted by molar-refractivity contribution is 8.03. The molecule has 0 fully saturated rings. The Labute approximate surface area is 131 Å². The first-order valence-corrected chi connectivity index (χ1v) is 7.48. The Morgan fingerprint density at radius 1 is 1.18 bits per heavy atom. The highest BCUT2D eigenvalue weighted by Gasteiger charge is 2.14. The predicted octanol–water partition coefficient (Wildman–Crippen LogP) is 4.35. The second-order valence-corrected chi connectivity index (χ2v) is 5.77. The van der Waals surface area contributed by atoms with Crippen molar-refractivity contribution in [1.29, 1.82) is 0 Å². The van der Waals surface area contributed by atoms with Crippen molar-refractivity contribution in [2.45, 2.75) is 12.1 Å². The number of benzene rings is 2. The maximum Gasteiger partial charge on any atom is 0.342 e. The van der Waals surface area contributed by atoms with E-state index in [-0.39, 0.29) is 4.91 Å². The summed E-state index contributed by atoms with van der Waals surface area (Å²) in [6.45, 7) is 1.98. The Hall–Kier alpha value is -2.53. The van der Waals surface area contributed by atoms with Crippen LogP contribution in [0.4, 0.5) is 0 Å². The maximum atomic E-state index is 11.4. The number of carboxylic acid groups (broad SMARTS) is 1. The van der Waals surface area contributed by atoms with E-state index in [9.17, 15) is 9.90 Å². The van der Waals surface area contributed by atoms with Crippen LogP contribution in [-0.4, -0.2) is 16.1 Å². The third-order valence-electron chi connectivity index (χ3n) is 3.06. The van der Waals surface area contributed by atoms with Crippen molar-refractivity contribution in [3.63, 3.8) is 0 Å². The van der Waals surface area contributed by atoms with Crippen LogP contribution in [0, 0.1) is 6.92 Å². The lowest BCUT2D eigenvalue weighted by molar-refractivity contribution is -0.131. The van der Waals surface area contributed by atoms with Gasteiger partial charge in [-0.05, 0) is 42.5 Å². The number of carboxylic acids is 1. The van der Waals surface area contributed by atoms with E-state index in [1.54, 1.807) is 12.1 Å². The summed E-state index contributed by atoms with van der Waals surface area (Å²) < 4.78 is 5.55. The van der Waals surface area contributed by atoms with Crippen LogP contribution in [0.5, 0.6) is 0 Å². The lowest BCUT2D eigenvalue weighted by Crippen LogP contribution is -1.96. The van der Waals surface area contributed by atoms with Gasteiger partial charge in [-0.1, -0.05) is 42.0 Å². The molecule has 110 valence electrons. The van der Waals surface area contributed by atoms with E-state index < -0.39 is 5.97 Å². The standard InChI is InChI=1S/C17H13NO3S/c1-11-6-8-12(9-7-11)10-15(16(19)20)22-17-18-13-4-2-3-5-14(13)21-17/h2-10H,1H3,(H,19,20)/b15-10+. The quantitative estimate of drug-likeness (QED) is 0.573. The van der Waals surface area contributed by atoms with Gasteiger partial charge >= 0.3 is 5.97 Å². The molecular weight excluding hydrogens is 298 g/mol. The summed E-state index contributed by atoms with van der Waals surface area (Å²) in [5, 5.41) is 9.69. The zero-order valence-corrected chi connectivity index (χ0v) is 12.6. The third kappa shape index (κ3) is 3.20. The number of hydrogen-bond donors (Lipinski definition) is 1. The topological polar surface area (TPSA) is 63.3 Å². The summed E-state index contributed by atoms with van der Waals surface area (Å²) in [6.07, 6.45) is 1.61. The molecule has 22 heavy (non-hydrogen) atoms. The minimum atomic E-state index is -1.01. The minimum absolute atomic E-state index is 0.162. The molecule has 0 aliphatic rings. The number of fused-ring (bicyclic) bond motifs is 1. The molecule has 0 aliphatic heterocycles. The summed E-state index contributed by atoms with van der Waals surface area (Å²) in [7, 11) is 0. The van der Waals surface area contributed by atoms with Gasteiger partial charge in [0.05, 0.1) is 0 Å². The van der Waals surface area contributed by atoms with Crippen molar-refractivity contribution in [3.8, 4) is 0 Å². The maximum absolute atomic E-state index is 11.4. The highest BCUT2D eigenvalue weighted by atomic mass is 32.2. The number of aromatic nitrogens is 1. The molecule has 1 heterocycles. The van der Waals surface area contributed by atoms with E-state index in [1.165, 1.54) is 0 Å². The predicted molar refractivity (Wildman–Crippen MR) is 86.7 cm³/mol. The Morgan fingerprint density at radius 3 is 2.59 bits per heavy atom. The smallest absolute Gasteiger partial charge is 0.342 e. The van der Waals surface area contributed by atoms with E-state index in [2.05, 4.69) is 4.98 Å². The van der Waals surface area contributed by atoms with E-state index >= 15 is 0 Å². The number of rotatable bonds is 4.